The Morgan fingerprint density at radius 3 is 2.25 bits per heavy atom. The van der Waals surface area contributed by atoms with E-state index in [1.165, 1.54) is 49.4 Å². The van der Waals surface area contributed by atoms with Crippen molar-refractivity contribution in [3.63, 3.8) is 0 Å². The lowest BCUT2D eigenvalue weighted by Gasteiger charge is -2.10. The van der Waals surface area contributed by atoms with Crippen LogP contribution in [-0.4, -0.2) is 42.6 Å². The fraction of sp³-hybridized carbons (Fsp3) is 0.222. The monoisotopic (exact) mass is 426 g/mol. The van der Waals surface area contributed by atoms with Gasteiger partial charge in [-0.1, -0.05) is 6.92 Å². The van der Waals surface area contributed by atoms with Gasteiger partial charge >= 0.3 is 0 Å². The molecule has 0 atom stereocenters. The maximum Gasteiger partial charge on any atom is 0.234 e. The van der Waals surface area contributed by atoms with Gasteiger partial charge in [0.05, 0.1) is 27.8 Å². The maximum atomic E-state index is 12.8. The molecule has 3 N–H and O–H groups in total. The molecule has 2 aromatic rings. The zero-order chi connectivity index (χ0) is 20.7. The number of hydrogen-bond donors (Lipinski definition) is 3. The summed E-state index contributed by atoms with van der Waals surface area (Å²) in [4.78, 5) is 23.8. The molecule has 0 bridgehead atoms. The van der Waals surface area contributed by atoms with E-state index in [9.17, 15) is 27.5 Å². The third-order valence-corrected chi connectivity index (χ3v) is 6.24. The molecular weight excluding hydrogens is 407 g/mol. The fourth-order valence-corrected chi connectivity index (χ4v) is 3.65. The second kappa shape index (κ2) is 9.56. The Hall–Kier alpha value is -2.59. The zero-order valence-electron chi connectivity index (χ0n) is 14.9. The van der Waals surface area contributed by atoms with Gasteiger partial charge < -0.3 is 15.7 Å². The van der Waals surface area contributed by atoms with Crippen LogP contribution in [0.1, 0.15) is 6.92 Å². The van der Waals surface area contributed by atoms with Crippen LogP contribution in [0.15, 0.2) is 47.4 Å². The number of halogens is 1. The van der Waals surface area contributed by atoms with Crippen molar-refractivity contribution in [2.75, 3.05) is 27.9 Å². The van der Waals surface area contributed by atoms with E-state index < -0.39 is 21.6 Å². The molecule has 28 heavy (non-hydrogen) atoms. The van der Waals surface area contributed by atoms with Crippen LogP contribution in [0.5, 0.6) is 5.75 Å². The first kappa shape index (κ1) is 21.7. The number of anilines is 2. The van der Waals surface area contributed by atoms with Gasteiger partial charge in [0.2, 0.25) is 11.8 Å². The minimum absolute atomic E-state index is 0.00516. The second-order valence-electron chi connectivity index (χ2n) is 5.68. The van der Waals surface area contributed by atoms with Crippen LogP contribution in [0.3, 0.4) is 0 Å². The third-order valence-electron chi connectivity index (χ3n) is 3.58. The maximum absolute atomic E-state index is 12.8. The zero-order valence-corrected chi connectivity index (χ0v) is 16.6. The summed E-state index contributed by atoms with van der Waals surface area (Å²) >= 11 is 1.03. The molecule has 0 aliphatic carbocycles. The van der Waals surface area contributed by atoms with Gasteiger partial charge in [0.1, 0.15) is 11.6 Å². The lowest BCUT2D eigenvalue weighted by Crippen LogP contribution is -2.18. The van der Waals surface area contributed by atoms with Crippen molar-refractivity contribution in [3.8, 4) is 5.75 Å². The fourth-order valence-electron chi connectivity index (χ4n) is 2.13. The number of nitrogens with one attached hydrogen (secondary N) is 2. The molecule has 7 nitrogen and oxygen atoms in total. The Morgan fingerprint density at radius 2 is 1.64 bits per heavy atom. The van der Waals surface area contributed by atoms with Crippen molar-refractivity contribution in [1.82, 2.24) is 0 Å². The van der Waals surface area contributed by atoms with Gasteiger partial charge in [-0.25, -0.2) is 12.8 Å². The van der Waals surface area contributed by atoms with E-state index in [1.54, 1.807) is 0 Å². The normalized spacial score (nSPS) is 11.1. The molecule has 0 aromatic heterocycles. The minimum Gasteiger partial charge on any atom is -0.506 e. The number of thioether (sulfide) groups is 1. The summed E-state index contributed by atoms with van der Waals surface area (Å²) in [7, 11) is -3.48. The Bertz CT molecular complexity index is 962. The summed E-state index contributed by atoms with van der Waals surface area (Å²) in [6.45, 7) is 1.49. The average molecular weight is 426 g/mol. The molecule has 0 fully saturated rings. The van der Waals surface area contributed by atoms with Gasteiger partial charge in [-0.2, -0.15) is 0 Å². The number of hydrogen-bond acceptors (Lipinski definition) is 6. The molecule has 0 aliphatic heterocycles. The molecule has 0 radical (unpaired) electrons. The minimum atomic E-state index is -3.48. The molecule has 2 aromatic carbocycles. The average Bonchev–Trinajstić information content (AvgIpc) is 2.65. The molecule has 0 saturated heterocycles. The van der Waals surface area contributed by atoms with Crippen molar-refractivity contribution in [2.24, 2.45) is 0 Å². The molecule has 0 saturated carbocycles. The molecule has 0 aliphatic rings. The number of phenols is 1. The quantitative estimate of drug-likeness (QED) is 0.560. The van der Waals surface area contributed by atoms with Crippen LogP contribution < -0.4 is 10.6 Å². The van der Waals surface area contributed by atoms with E-state index in [0.717, 1.165) is 11.8 Å². The number of benzene rings is 2. The van der Waals surface area contributed by atoms with E-state index in [-0.39, 0.29) is 39.5 Å². The first-order chi connectivity index (χ1) is 13.2. The Balaban J connectivity index is 1.86. The number of sulfone groups is 1. The number of phenolic OH excluding ortho intramolecular Hbond substituents is 1. The summed E-state index contributed by atoms with van der Waals surface area (Å²) < 4.78 is 36.6. The molecule has 10 heteroatoms. The number of carbonyl (C=O) groups excluding carboxylic acids is 2. The van der Waals surface area contributed by atoms with E-state index in [0.29, 0.717) is 5.69 Å². The molecule has 0 unspecified atom stereocenters. The summed E-state index contributed by atoms with van der Waals surface area (Å²) in [6, 6.07) is 8.93. The van der Waals surface area contributed by atoms with Crippen LogP contribution in [0.4, 0.5) is 15.8 Å². The SMILES string of the molecule is CCS(=O)(=O)c1ccc(O)c(NC(=O)CSCC(=O)Nc2ccc(F)cc2)c1. The van der Waals surface area contributed by atoms with Gasteiger partial charge in [-0.3, -0.25) is 9.59 Å². The van der Waals surface area contributed by atoms with Crippen LogP contribution in [-0.2, 0) is 19.4 Å². The van der Waals surface area contributed by atoms with Crippen molar-refractivity contribution in [3.05, 3.63) is 48.3 Å². The Labute approximate surface area is 166 Å². The molecule has 2 amide bonds. The summed E-state index contributed by atoms with van der Waals surface area (Å²) in [5, 5.41) is 14.8. The standard InChI is InChI=1S/C18H19FN2O5S2/c1-2-28(25,26)14-7-8-16(22)15(9-14)21-18(24)11-27-10-17(23)20-13-5-3-12(19)4-6-13/h3-9,22H,2,10-11H2,1H3,(H,20,23)(H,21,24). The van der Waals surface area contributed by atoms with Gasteiger partial charge in [0.15, 0.2) is 9.84 Å². The lowest BCUT2D eigenvalue weighted by atomic mass is 10.3. The number of rotatable bonds is 8. The summed E-state index contributed by atoms with van der Waals surface area (Å²) in [5.41, 5.74) is 0.422. The highest BCUT2D eigenvalue weighted by molar-refractivity contribution is 8.00. The van der Waals surface area contributed by atoms with Crippen molar-refractivity contribution in [1.29, 1.82) is 0 Å². The molecule has 0 spiro atoms. The Morgan fingerprint density at radius 1 is 1.04 bits per heavy atom. The highest BCUT2D eigenvalue weighted by Gasteiger charge is 2.15. The topological polar surface area (TPSA) is 113 Å². The molecule has 0 heterocycles. The van der Waals surface area contributed by atoms with Crippen LogP contribution in [0.25, 0.3) is 0 Å². The predicted molar refractivity (Wildman–Crippen MR) is 107 cm³/mol. The highest BCUT2D eigenvalue weighted by Crippen LogP contribution is 2.27. The van der Waals surface area contributed by atoms with Crippen molar-refractivity contribution >= 4 is 44.8 Å². The summed E-state index contributed by atoms with van der Waals surface area (Å²) in [6.07, 6.45) is 0. The van der Waals surface area contributed by atoms with Gasteiger partial charge in [-0.15, -0.1) is 11.8 Å². The van der Waals surface area contributed by atoms with E-state index in [2.05, 4.69) is 10.6 Å². The predicted octanol–water partition coefficient (Wildman–Crippen LogP) is 2.64. The second-order valence-corrected chi connectivity index (χ2v) is 8.94. The molecule has 2 rings (SSSR count). The smallest absolute Gasteiger partial charge is 0.234 e. The highest BCUT2D eigenvalue weighted by atomic mass is 32.2. The first-order valence-corrected chi connectivity index (χ1v) is 11.0. The van der Waals surface area contributed by atoms with Crippen molar-refractivity contribution in [2.45, 2.75) is 11.8 Å². The van der Waals surface area contributed by atoms with Crippen LogP contribution >= 0.6 is 11.8 Å². The van der Waals surface area contributed by atoms with E-state index in [1.807, 2.05) is 0 Å². The van der Waals surface area contributed by atoms with E-state index >= 15 is 0 Å². The number of amides is 2. The van der Waals surface area contributed by atoms with Crippen LogP contribution in [0.2, 0.25) is 0 Å². The van der Waals surface area contributed by atoms with Gasteiger partial charge in [0, 0.05) is 5.69 Å². The van der Waals surface area contributed by atoms with Crippen molar-refractivity contribution < 1.29 is 27.5 Å². The van der Waals surface area contributed by atoms with Crippen LogP contribution in [0, 0.1) is 5.82 Å². The third kappa shape index (κ3) is 6.24. The Kier molecular flexibility index (Phi) is 7.41. The number of aromatic hydroxyl groups is 1. The largest absolute Gasteiger partial charge is 0.506 e. The number of carbonyl (C=O) groups is 2. The first-order valence-electron chi connectivity index (χ1n) is 8.20. The lowest BCUT2D eigenvalue weighted by molar-refractivity contribution is -0.114. The van der Waals surface area contributed by atoms with E-state index in [4.69, 9.17) is 0 Å². The molecule has 150 valence electrons. The summed E-state index contributed by atoms with van der Waals surface area (Å²) in [5.74, 6) is -1.73. The van der Waals surface area contributed by atoms with Gasteiger partial charge in [-0.05, 0) is 42.5 Å². The molecular formula is C18H19FN2O5S2. The van der Waals surface area contributed by atoms with Gasteiger partial charge in [0.25, 0.3) is 0 Å².